The third-order valence-corrected chi connectivity index (χ3v) is 4.68. The molecule has 1 aliphatic heterocycles. The van der Waals surface area contributed by atoms with Crippen LogP contribution in [0.2, 0.25) is 5.02 Å². The number of halogens is 1. The largest absolute Gasteiger partial charge is 0.314 e. The summed E-state index contributed by atoms with van der Waals surface area (Å²) < 4.78 is 0. The minimum absolute atomic E-state index is 0.393. The molecule has 1 aromatic carbocycles. The van der Waals surface area contributed by atoms with Crippen molar-refractivity contribution < 1.29 is 0 Å². The first-order chi connectivity index (χ1) is 10.2. The minimum atomic E-state index is 0.393. The van der Waals surface area contributed by atoms with Gasteiger partial charge in [-0.1, -0.05) is 43.5 Å². The molecule has 0 bridgehead atoms. The lowest BCUT2D eigenvalue weighted by Gasteiger charge is -2.26. The van der Waals surface area contributed by atoms with E-state index in [1.54, 1.807) is 0 Å². The van der Waals surface area contributed by atoms with Crippen molar-refractivity contribution in [2.24, 2.45) is 0 Å². The Morgan fingerprint density at radius 1 is 1.33 bits per heavy atom. The van der Waals surface area contributed by atoms with Crippen molar-refractivity contribution in [2.45, 2.75) is 70.5 Å². The molecule has 1 heterocycles. The first-order valence-corrected chi connectivity index (χ1v) is 8.81. The zero-order valence-electron chi connectivity index (χ0n) is 13.4. The van der Waals surface area contributed by atoms with E-state index in [1.807, 2.05) is 12.1 Å². The molecule has 0 saturated carbocycles. The highest BCUT2D eigenvalue weighted by atomic mass is 35.5. The summed E-state index contributed by atoms with van der Waals surface area (Å²) >= 11 is 6.12. The van der Waals surface area contributed by atoms with Gasteiger partial charge in [0.25, 0.3) is 0 Å². The van der Waals surface area contributed by atoms with Crippen molar-refractivity contribution in [1.29, 1.82) is 0 Å². The Bertz CT molecular complexity index is 413. The van der Waals surface area contributed by atoms with Gasteiger partial charge >= 0.3 is 0 Å². The Morgan fingerprint density at radius 2 is 2.19 bits per heavy atom. The first kappa shape index (κ1) is 16.8. The second kappa shape index (κ2) is 8.77. The van der Waals surface area contributed by atoms with E-state index in [0.717, 1.165) is 11.4 Å². The van der Waals surface area contributed by atoms with E-state index in [2.05, 4.69) is 36.6 Å². The van der Waals surface area contributed by atoms with Crippen molar-refractivity contribution in [3.8, 4) is 0 Å². The van der Waals surface area contributed by atoms with Gasteiger partial charge in [-0.05, 0) is 56.8 Å². The van der Waals surface area contributed by atoms with Crippen LogP contribution in [-0.2, 0) is 0 Å². The molecule has 0 radical (unpaired) electrons. The van der Waals surface area contributed by atoms with Gasteiger partial charge in [-0.2, -0.15) is 0 Å². The Balaban J connectivity index is 1.88. The van der Waals surface area contributed by atoms with Crippen LogP contribution in [0.3, 0.4) is 0 Å². The molecule has 3 atom stereocenters. The van der Waals surface area contributed by atoms with E-state index in [9.17, 15) is 0 Å². The van der Waals surface area contributed by atoms with Gasteiger partial charge in [-0.3, -0.25) is 0 Å². The quantitative estimate of drug-likeness (QED) is 0.796. The summed E-state index contributed by atoms with van der Waals surface area (Å²) in [6.45, 7) is 5.72. The van der Waals surface area contributed by atoms with Crippen molar-refractivity contribution in [3.63, 3.8) is 0 Å². The van der Waals surface area contributed by atoms with Crippen LogP contribution in [0.25, 0.3) is 0 Å². The molecule has 1 aromatic rings. The lowest BCUT2D eigenvalue weighted by atomic mass is 10.00. The monoisotopic (exact) mass is 308 g/mol. The van der Waals surface area contributed by atoms with E-state index in [1.165, 1.54) is 44.2 Å². The second-order valence-electron chi connectivity index (χ2n) is 6.32. The lowest BCUT2D eigenvalue weighted by Crippen LogP contribution is -2.38. The van der Waals surface area contributed by atoms with Crippen LogP contribution in [0.15, 0.2) is 24.3 Å². The fourth-order valence-corrected chi connectivity index (χ4v) is 3.51. The molecular weight excluding hydrogens is 280 g/mol. The van der Waals surface area contributed by atoms with Crippen molar-refractivity contribution in [1.82, 2.24) is 10.6 Å². The zero-order chi connectivity index (χ0) is 15.1. The first-order valence-electron chi connectivity index (χ1n) is 8.44. The highest BCUT2D eigenvalue weighted by Gasteiger charge is 2.18. The normalized spacial score (nSPS) is 22.5. The molecule has 3 unspecified atom stereocenters. The molecule has 1 saturated heterocycles. The SMILES string of the molecule is CCC(NC(C)CC1CCCCCN1)c1cccc(Cl)c1. The van der Waals surface area contributed by atoms with Crippen molar-refractivity contribution in [3.05, 3.63) is 34.9 Å². The standard InChI is InChI=1S/C18H29ClN2/c1-3-18(15-8-7-9-16(19)13-15)21-14(2)12-17-10-5-4-6-11-20-17/h7-9,13-14,17-18,20-21H,3-6,10-12H2,1-2H3. The Hall–Kier alpha value is -0.570. The van der Waals surface area contributed by atoms with Crippen LogP contribution in [0.5, 0.6) is 0 Å². The molecule has 0 aromatic heterocycles. The molecule has 118 valence electrons. The van der Waals surface area contributed by atoms with Gasteiger partial charge < -0.3 is 10.6 Å². The summed E-state index contributed by atoms with van der Waals surface area (Å²) in [5.41, 5.74) is 1.30. The molecule has 0 amide bonds. The molecule has 1 fully saturated rings. The predicted molar refractivity (Wildman–Crippen MR) is 92.0 cm³/mol. The molecule has 0 spiro atoms. The summed E-state index contributed by atoms with van der Waals surface area (Å²) in [5, 5.41) is 8.30. The van der Waals surface area contributed by atoms with Crippen LogP contribution in [0.4, 0.5) is 0 Å². The van der Waals surface area contributed by atoms with Crippen LogP contribution in [0.1, 0.15) is 64.0 Å². The molecule has 3 heteroatoms. The molecule has 0 aliphatic carbocycles. The highest BCUT2D eigenvalue weighted by Crippen LogP contribution is 2.22. The zero-order valence-corrected chi connectivity index (χ0v) is 14.1. The maximum absolute atomic E-state index is 6.12. The van der Waals surface area contributed by atoms with E-state index in [0.29, 0.717) is 18.1 Å². The number of benzene rings is 1. The average Bonchev–Trinajstić information content (AvgIpc) is 2.73. The van der Waals surface area contributed by atoms with Gasteiger partial charge in [-0.25, -0.2) is 0 Å². The summed E-state index contributed by atoms with van der Waals surface area (Å²) in [6.07, 6.45) is 7.69. The number of hydrogen-bond acceptors (Lipinski definition) is 2. The van der Waals surface area contributed by atoms with E-state index in [4.69, 9.17) is 11.6 Å². The third kappa shape index (κ3) is 5.61. The molecular formula is C18H29ClN2. The third-order valence-electron chi connectivity index (χ3n) is 4.45. The average molecular weight is 309 g/mol. The van der Waals surface area contributed by atoms with Gasteiger partial charge in [0.05, 0.1) is 0 Å². The minimum Gasteiger partial charge on any atom is -0.314 e. The fourth-order valence-electron chi connectivity index (χ4n) is 3.31. The Morgan fingerprint density at radius 3 is 2.95 bits per heavy atom. The van der Waals surface area contributed by atoms with E-state index >= 15 is 0 Å². The van der Waals surface area contributed by atoms with Crippen molar-refractivity contribution >= 4 is 11.6 Å². The molecule has 2 nitrogen and oxygen atoms in total. The maximum Gasteiger partial charge on any atom is 0.0409 e. The molecule has 2 N–H and O–H groups in total. The van der Waals surface area contributed by atoms with Crippen LogP contribution >= 0.6 is 11.6 Å². The Labute approximate surface area is 134 Å². The van der Waals surface area contributed by atoms with Crippen LogP contribution in [0, 0.1) is 0 Å². The fraction of sp³-hybridized carbons (Fsp3) is 0.667. The Kier molecular flexibility index (Phi) is 7.01. The second-order valence-corrected chi connectivity index (χ2v) is 6.76. The lowest BCUT2D eigenvalue weighted by molar-refractivity contribution is 0.368. The van der Waals surface area contributed by atoms with Gasteiger partial charge in [0, 0.05) is 23.1 Å². The predicted octanol–water partition coefficient (Wildman–Crippen LogP) is 4.69. The van der Waals surface area contributed by atoms with Crippen LogP contribution in [-0.4, -0.2) is 18.6 Å². The summed E-state index contributed by atoms with van der Waals surface area (Å²) in [7, 11) is 0. The highest BCUT2D eigenvalue weighted by molar-refractivity contribution is 6.30. The van der Waals surface area contributed by atoms with Gasteiger partial charge in [0.1, 0.15) is 0 Å². The van der Waals surface area contributed by atoms with Gasteiger partial charge in [-0.15, -0.1) is 0 Å². The topological polar surface area (TPSA) is 24.1 Å². The van der Waals surface area contributed by atoms with Crippen LogP contribution < -0.4 is 10.6 Å². The maximum atomic E-state index is 6.12. The number of hydrogen-bond donors (Lipinski definition) is 2. The number of rotatable bonds is 6. The summed E-state index contributed by atoms with van der Waals surface area (Å²) in [4.78, 5) is 0. The van der Waals surface area contributed by atoms with Gasteiger partial charge in [0.2, 0.25) is 0 Å². The smallest absolute Gasteiger partial charge is 0.0409 e. The molecule has 1 aliphatic rings. The number of nitrogens with one attached hydrogen (secondary N) is 2. The van der Waals surface area contributed by atoms with E-state index < -0.39 is 0 Å². The van der Waals surface area contributed by atoms with E-state index in [-0.39, 0.29) is 0 Å². The molecule has 2 rings (SSSR count). The molecule has 21 heavy (non-hydrogen) atoms. The van der Waals surface area contributed by atoms with Gasteiger partial charge in [0.15, 0.2) is 0 Å². The van der Waals surface area contributed by atoms with Crippen molar-refractivity contribution in [2.75, 3.05) is 6.54 Å². The summed E-state index contributed by atoms with van der Waals surface area (Å²) in [5.74, 6) is 0. The summed E-state index contributed by atoms with van der Waals surface area (Å²) in [6, 6.07) is 9.82.